The Balaban J connectivity index is 1.88. The van der Waals surface area contributed by atoms with Crippen LogP contribution in [0.2, 0.25) is 0 Å². The zero-order valence-electron chi connectivity index (χ0n) is 13.4. The molecule has 8 nitrogen and oxygen atoms in total. The highest BCUT2D eigenvalue weighted by Gasteiger charge is 2.24. The molecule has 1 aliphatic rings. The van der Waals surface area contributed by atoms with Crippen molar-refractivity contribution < 1.29 is 18.8 Å². The Morgan fingerprint density at radius 3 is 3.00 bits per heavy atom. The Hall–Kier alpha value is -2.09. The molecule has 1 fully saturated rings. The van der Waals surface area contributed by atoms with Gasteiger partial charge >= 0.3 is 6.03 Å². The fourth-order valence-corrected chi connectivity index (χ4v) is 2.37. The predicted octanol–water partition coefficient (Wildman–Crippen LogP) is 1.60. The van der Waals surface area contributed by atoms with Gasteiger partial charge in [0, 0.05) is 25.8 Å². The van der Waals surface area contributed by atoms with Crippen molar-refractivity contribution in [3.8, 4) is 0 Å². The first-order valence-electron chi connectivity index (χ1n) is 8.03. The number of hydrogen-bond acceptors (Lipinski definition) is 5. The van der Waals surface area contributed by atoms with E-state index in [1.54, 1.807) is 6.07 Å². The molecule has 0 radical (unpaired) electrons. The maximum absolute atomic E-state index is 12.3. The average Bonchev–Trinajstić information content (AvgIpc) is 3.20. The Labute approximate surface area is 135 Å². The van der Waals surface area contributed by atoms with E-state index in [1.807, 2.05) is 0 Å². The van der Waals surface area contributed by atoms with E-state index >= 15 is 0 Å². The summed E-state index contributed by atoms with van der Waals surface area (Å²) in [5, 5.41) is 9.05. The summed E-state index contributed by atoms with van der Waals surface area (Å²) in [7, 11) is 0. The molecule has 8 heteroatoms. The lowest BCUT2D eigenvalue weighted by atomic mass is 10.2. The van der Waals surface area contributed by atoms with Crippen LogP contribution in [0.1, 0.15) is 32.6 Å². The molecule has 2 heterocycles. The molecule has 0 aromatic carbocycles. The third-order valence-electron chi connectivity index (χ3n) is 3.58. The van der Waals surface area contributed by atoms with Gasteiger partial charge in [0.2, 0.25) is 5.91 Å². The summed E-state index contributed by atoms with van der Waals surface area (Å²) in [5.41, 5.74) is 0. The summed E-state index contributed by atoms with van der Waals surface area (Å²) in [6.07, 6.45) is 5.16. The Morgan fingerprint density at radius 2 is 2.35 bits per heavy atom. The molecular formula is C15H24N4O4. The van der Waals surface area contributed by atoms with Gasteiger partial charge in [-0.1, -0.05) is 18.5 Å². The van der Waals surface area contributed by atoms with Crippen molar-refractivity contribution in [2.24, 2.45) is 0 Å². The van der Waals surface area contributed by atoms with E-state index in [0.29, 0.717) is 25.5 Å². The van der Waals surface area contributed by atoms with Crippen LogP contribution in [0.25, 0.3) is 0 Å². The molecular weight excluding hydrogens is 300 g/mol. The Kier molecular flexibility index (Phi) is 6.86. The zero-order chi connectivity index (χ0) is 16.5. The quantitative estimate of drug-likeness (QED) is 0.708. The van der Waals surface area contributed by atoms with E-state index in [0.717, 1.165) is 25.7 Å². The van der Waals surface area contributed by atoms with Gasteiger partial charge in [0.1, 0.15) is 12.8 Å². The number of carbonyl (C=O) groups is 2. The highest BCUT2D eigenvalue weighted by Crippen LogP contribution is 2.13. The molecule has 1 aromatic heterocycles. The third kappa shape index (κ3) is 5.90. The number of hydrogen-bond donors (Lipinski definition) is 2. The van der Waals surface area contributed by atoms with Crippen molar-refractivity contribution >= 4 is 17.8 Å². The molecule has 1 aromatic rings. The fraction of sp³-hybridized carbons (Fsp3) is 0.667. The van der Waals surface area contributed by atoms with E-state index in [2.05, 4.69) is 27.2 Å². The first-order valence-corrected chi connectivity index (χ1v) is 8.03. The van der Waals surface area contributed by atoms with Crippen LogP contribution in [-0.4, -0.2) is 54.3 Å². The zero-order valence-corrected chi connectivity index (χ0v) is 13.4. The first kappa shape index (κ1) is 17.3. The van der Waals surface area contributed by atoms with Crippen LogP contribution in [0.15, 0.2) is 16.9 Å². The summed E-state index contributed by atoms with van der Waals surface area (Å²) in [6.45, 7) is 3.72. The van der Waals surface area contributed by atoms with Gasteiger partial charge in [-0.3, -0.25) is 4.79 Å². The highest BCUT2D eigenvalue weighted by molar-refractivity contribution is 5.93. The van der Waals surface area contributed by atoms with E-state index in [4.69, 9.17) is 4.74 Å². The van der Waals surface area contributed by atoms with Crippen LogP contribution in [0.3, 0.4) is 0 Å². The number of urea groups is 1. The molecule has 3 amide bonds. The number of anilines is 1. The highest BCUT2D eigenvalue weighted by atomic mass is 16.5. The summed E-state index contributed by atoms with van der Waals surface area (Å²) in [5.74, 6) is 0.0148. The van der Waals surface area contributed by atoms with Gasteiger partial charge in [0.25, 0.3) is 0 Å². The smallest absolute Gasteiger partial charge is 0.317 e. The van der Waals surface area contributed by atoms with Crippen LogP contribution < -0.4 is 10.6 Å². The molecule has 23 heavy (non-hydrogen) atoms. The molecule has 1 atom stereocenters. The van der Waals surface area contributed by atoms with Gasteiger partial charge in [0.05, 0.1) is 6.10 Å². The SMILES string of the molecule is CCCCNC(=O)N(CC(=O)Nc1ccon1)CC1CCCO1. The second kappa shape index (κ2) is 9.14. The van der Waals surface area contributed by atoms with Crippen molar-refractivity contribution in [2.45, 2.75) is 38.7 Å². The van der Waals surface area contributed by atoms with Crippen molar-refractivity contribution in [3.05, 3.63) is 12.3 Å². The van der Waals surface area contributed by atoms with Gasteiger partial charge in [-0.05, 0) is 19.3 Å². The Morgan fingerprint density at radius 1 is 1.48 bits per heavy atom. The van der Waals surface area contributed by atoms with Crippen molar-refractivity contribution in [2.75, 3.05) is 31.6 Å². The van der Waals surface area contributed by atoms with Crippen LogP contribution in [0.5, 0.6) is 0 Å². The largest absolute Gasteiger partial charge is 0.376 e. The van der Waals surface area contributed by atoms with Crippen LogP contribution >= 0.6 is 0 Å². The maximum Gasteiger partial charge on any atom is 0.317 e. The number of aromatic nitrogens is 1. The summed E-state index contributed by atoms with van der Waals surface area (Å²) < 4.78 is 10.2. The van der Waals surface area contributed by atoms with Gasteiger partial charge in [-0.25, -0.2) is 4.79 Å². The number of ether oxygens (including phenoxy) is 1. The average molecular weight is 324 g/mol. The summed E-state index contributed by atoms with van der Waals surface area (Å²) in [6, 6.07) is 1.30. The van der Waals surface area contributed by atoms with Gasteiger partial charge in [-0.2, -0.15) is 0 Å². The normalized spacial score (nSPS) is 17.0. The van der Waals surface area contributed by atoms with Gasteiger partial charge in [-0.15, -0.1) is 0 Å². The van der Waals surface area contributed by atoms with Crippen molar-refractivity contribution in [1.82, 2.24) is 15.4 Å². The molecule has 1 aliphatic heterocycles. The number of nitrogens with zero attached hydrogens (tertiary/aromatic N) is 2. The van der Waals surface area contributed by atoms with Crippen LogP contribution in [0.4, 0.5) is 10.6 Å². The molecule has 2 rings (SSSR count). The maximum atomic E-state index is 12.3. The summed E-state index contributed by atoms with van der Waals surface area (Å²) >= 11 is 0. The molecule has 0 aliphatic carbocycles. The lowest BCUT2D eigenvalue weighted by Crippen LogP contribution is -2.47. The molecule has 0 saturated carbocycles. The lowest BCUT2D eigenvalue weighted by molar-refractivity contribution is -0.117. The minimum absolute atomic E-state index is 0.00762. The van der Waals surface area contributed by atoms with Crippen molar-refractivity contribution in [3.63, 3.8) is 0 Å². The second-order valence-electron chi connectivity index (χ2n) is 5.53. The number of nitrogens with one attached hydrogen (secondary N) is 2. The number of amides is 3. The molecule has 2 N–H and O–H groups in total. The molecule has 1 saturated heterocycles. The van der Waals surface area contributed by atoms with Crippen molar-refractivity contribution in [1.29, 1.82) is 0 Å². The van der Waals surface area contributed by atoms with E-state index < -0.39 is 0 Å². The fourth-order valence-electron chi connectivity index (χ4n) is 2.37. The van der Waals surface area contributed by atoms with Crippen LogP contribution in [-0.2, 0) is 9.53 Å². The molecule has 128 valence electrons. The van der Waals surface area contributed by atoms with E-state index in [9.17, 15) is 9.59 Å². The van der Waals surface area contributed by atoms with E-state index in [-0.39, 0.29) is 24.6 Å². The molecule has 0 bridgehead atoms. The van der Waals surface area contributed by atoms with Gasteiger partial charge < -0.3 is 24.8 Å². The Bertz CT molecular complexity index is 486. The first-order chi connectivity index (χ1) is 11.2. The molecule has 1 unspecified atom stereocenters. The minimum atomic E-state index is -0.317. The minimum Gasteiger partial charge on any atom is -0.376 e. The monoisotopic (exact) mass is 324 g/mol. The topological polar surface area (TPSA) is 96.7 Å². The van der Waals surface area contributed by atoms with Crippen LogP contribution in [0, 0.1) is 0 Å². The summed E-state index contributed by atoms with van der Waals surface area (Å²) in [4.78, 5) is 25.8. The number of rotatable bonds is 8. The third-order valence-corrected chi connectivity index (χ3v) is 3.58. The molecule has 0 spiro atoms. The van der Waals surface area contributed by atoms with Gasteiger partial charge in [0.15, 0.2) is 5.82 Å². The standard InChI is InChI=1S/C15H24N4O4/c1-2-3-7-16-15(21)19(10-12-5-4-8-22-12)11-14(20)17-13-6-9-23-18-13/h6,9,12H,2-5,7-8,10-11H2,1H3,(H,16,21)(H,17,18,20). The lowest BCUT2D eigenvalue weighted by Gasteiger charge is -2.25. The van der Waals surface area contributed by atoms with E-state index in [1.165, 1.54) is 11.2 Å². The number of carbonyl (C=O) groups excluding carboxylic acids is 2. The predicted molar refractivity (Wildman–Crippen MR) is 84.0 cm³/mol. The second-order valence-corrected chi connectivity index (χ2v) is 5.53. The number of unbranched alkanes of at least 4 members (excludes halogenated alkanes) is 1.